The smallest absolute Gasteiger partial charge is 0.137 e. The van der Waals surface area contributed by atoms with Gasteiger partial charge in [-0.05, 0) is 24.6 Å². The fourth-order valence-electron chi connectivity index (χ4n) is 1.01. The van der Waals surface area contributed by atoms with Gasteiger partial charge in [-0.25, -0.2) is 0 Å². The number of aryl methyl sites for hydroxylation is 1. The Kier molecular flexibility index (Phi) is 4.23. The first-order valence-electron chi connectivity index (χ1n) is 4.63. The Morgan fingerprint density at radius 1 is 1.50 bits per heavy atom. The fraction of sp³-hybridized carbons (Fsp3) is 0.455. The van der Waals surface area contributed by atoms with E-state index < -0.39 is 0 Å². The summed E-state index contributed by atoms with van der Waals surface area (Å²) in [5.41, 5.74) is 1.11. The highest BCUT2D eigenvalue weighted by Crippen LogP contribution is 2.25. The lowest BCUT2D eigenvalue weighted by atomic mass is 10.2. The Bertz CT molecular complexity index is 299. The third-order valence-corrected chi connectivity index (χ3v) is 2.22. The van der Waals surface area contributed by atoms with E-state index in [4.69, 9.17) is 21.4 Å². The molecule has 1 aromatic carbocycles. The summed E-state index contributed by atoms with van der Waals surface area (Å²) in [6.07, 6.45) is 0. The lowest BCUT2D eigenvalue weighted by molar-refractivity contribution is 0.174. The maximum atomic E-state index is 8.81. The van der Waals surface area contributed by atoms with E-state index in [-0.39, 0.29) is 12.5 Å². The molecule has 1 atom stereocenters. The summed E-state index contributed by atoms with van der Waals surface area (Å²) in [6.45, 7) is 4.51. The number of hydrogen-bond donors (Lipinski definition) is 1. The fourth-order valence-corrected chi connectivity index (χ4v) is 1.30. The van der Waals surface area contributed by atoms with Crippen LogP contribution in [0.15, 0.2) is 18.2 Å². The monoisotopic (exact) mass is 214 g/mol. The number of hydrogen-bond acceptors (Lipinski definition) is 2. The van der Waals surface area contributed by atoms with E-state index in [0.29, 0.717) is 17.4 Å². The normalized spacial score (nSPS) is 12.6. The summed E-state index contributed by atoms with van der Waals surface area (Å²) in [6, 6.07) is 5.66. The van der Waals surface area contributed by atoms with Gasteiger partial charge >= 0.3 is 0 Å². The lowest BCUT2D eigenvalue weighted by Gasteiger charge is -2.11. The van der Waals surface area contributed by atoms with Crippen LogP contribution in [-0.4, -0.2) is 18.3 Å². The van der Waals surface area contributed by atoms with E-state index in [9.17, 15) is 0 Å². The van der Waals surface area contributed by atoms with E-state index >= 15 is 0 Å². The van der Waals surface area contributed by atoms with Crippen LogP contribution in [0, 0.1) is 12.8 Å². The minimum Gasteiger partial charge on any atom is -0.492 e. The molecule has 0 aliphatic rings. The molecule has 0 saturated carbocycles. The molecule has 0 aliphatic carbocycles. The van der Waals surface area contributed by atoms with E-state index in [1.165, 1.54) is 0 Å². The van der Waals surface area contributed by atoms with Gasteiger partial charge in [0.1, 0.15) is 5.75 Å². The molecule has 0 spiro atoms. The van der Waals surface area contributed by atoms with Crippen molar-refractivity contribution < 1.29 is 9.84 Å². The number of halogens is 1. The predicted molar refractivity (Wildman–Crippen MR) is 57.9 cm³/mol. The highest BCUT2D eigenvalue weighted by atomic mass is 35.5. The van der Waals surface area contributed by atoms with Gasteiger partial charge in [0.2, 0.25) is 0 Å². The Hall–Kier alpha value is -0.730. The molecule has 1 aromatic rings. The van der Waals surface area contributed by atoms with Crippen LogP contribution in [0.2, 0.25) is 5.02 Å². The molecule has 3 heteroatoms. The first-order chi connectivity index (χ1) is 6.63. The Balaban J connectivity index is 2.59. The number of ether oxygens (including phenoxy) is 1. The third kappa shape index (κ3) is 3.20. The average Bonchev–Trinajstić information content (AvgIpc) is 2.16. The second kappa shape index (κ2) is 5.23. The maximum absolute atomic E-state index is 8.81. The SMILES string of the molecule is Cc1ccc(OCC(C)CO)c(Cl)c1. The van der Waals surface area contributed by atoms with Crippen LogP contribution in [0.4, 0.5) is 0 Å². The molecule has 1 rings (SSSR count). The molecule has 0 aromatic heterocycles. The summed E-state index contributed by atoms with van der Waals surface area (Å²) in [5, 5.41) is 9.43. The molecular formula is C11H15ClO2. The molecule has 0 saturated heterocycles. The molecule has 1 N–H and O–H groups in total. The Labute approximate surface area is 89.5 Å². The van der Waals surface area contributed by atoms with E-state index in [1.54, 1.807) is 0 Å². The first-order valence-corrected chi connectivity index (χ1v) is 5.01. The van der Waals surface area contributed by atoms with Gasteiger partial charge in [0, 0.05) is 12.5 Å². The first kappa shape index (κ1) is 11.3. The highest BCUT2D eigenvalue weighted by molar-refractivity contribution is 6.32. The summed E-state index contributed by atoms with van der Waals surface area (Å²) >= 11 is 5.97. The lowest BCUT2D eigenvalue weighted by Crippen LogP contribution is -2.12. The Morgan fingerprint density at radius 3 is 2.79 bits per heavy atom. The zero-order chi connectivity index (χ0) is 10.6. The number of aliphatic hydroxyl groups excluding tert-OH is 1. The molecule has 0 aliphatic heterocycles. The van der Waals surface area contributed by atoms with Gasteiger partial charge in [-0.1, -0.05) is 24.6 Å². The largest absolute Gasteiger partial charge is 0.492 e. The summed E-state index contributed by atoms with van der Waals surface area (Å²) in [5.74, 6) is 0.810. The van der Waals surface area contributed by atoms with E-state index in [1.807, 2.05) is 32.0 Å². The summed E-state index contributed by atoms with van der Waals surface area (Å²) in [4.78, 5) is 0. The van der Waals surface area contributed by atoms with E-state index in [2.05, 4.69) is 0 Å². The number of aliphatic hydroxyl groups is 1. The topological polar surface area (TPSA) is 29.5 Å². The summed E-state index contributed by atoms with van der Waals surface area (Å²) < 4.78 is 5.45. The quantitative estimate of drug-likeness (QED) is 0.835. The standard InChI is InChI=1S/C11H15ClO2/c1-8-3-4-11(10(12)5-8)14-7-9(2)6-13/h3-5,9,13H,6-7H2,1-2H3. The zero-order valence-corrected chi connectivity index (χ0v) is 9.21. The molecule has 14 heavy (non-hydrogen) atoms. The van der Waals surface area contributed by atoms with Gasteiger partial charge in [-0.15, -0.1) is 0 Å². The molecule has 1 unspecified atom stereocenters. The van der Waals surface area contributed by atoms with Crippen molar-refractivity contribution in [3.63, 3.8) is 0 Å². The molecule has 0 heterocycles. The van der Waals surface area contributed by atoms with E-state index in [0.717, 1.165) is 5.56 Å². The second-order valence-electron chi connectivity index (χ2n) is 3.53. The van der Waals surface area contributed by atoms with Crippen LogP contribution >= 0.6 is 11.6 Å². The van der Waals surface area contributed by atoms with Crippen LogP contribution < -0.4 is 4.74 Å². The zero-order valence-electron chi connectivity index (χ0n) is 8.46. The number of rotatable bonds is 4. The van der Waals surface area contributed by atoms with Gasteiger partial charge in [-0.2, -0.15) is 0 Å². The van der Waals surface area contributed by atoms with Crippen molar-refractivity contribution in [2.75, 3.05) is 13.2 Å². The van der Waals surface area contributed by atoms with Gasteiger partial charge < -0.3 is 9.84 Å². The van der Waals surface area contributed by atoms with Gasteiger partial charge in [0.05, 0.1) is 11.6 Å². The van der Waals surface area contributed by atoms with Crippen molar-refractivity contribution >= 4 is 11.6 Å². The van der Waals surface area contributed by atoms with Crippen molar-refractivity contribution in [1.29, 1.82) is 0 Å². The van der Waals surface area contributed by atoms with Crippen LogP contribution in [0.1, 0.15) is 12.5 Å². The molecule has 0 amide bonds. The van der Waals surface area contributed by atoms with Crippen LogP contribution in [0.5, 0.6) is 5.75 Å². The average molecular weight is 215 g/mol. The van der Waals surface area contributed by atoms with Crippen molar-refractivity contribution in [3.05, 3.63) is 28.8 Å². The molecule has 78 valence electrons. The minimum absolute atomic E-state index is 0.128. The predicted octanol–water partition coefficient (Wildman–Crippen LogP) is 2.66. The highest BCUT2D eigenvalue weighted by Gasteiger charge is 2.04. The van der Waals surface area contributed by atoms with Crippen molar-refractivity contribution in [2.24, 2.45) is 5.92 Å². The van der Waals surface area contributed by atoms with Gasteiger partial charge in [0.25, 0.3) is 0 Å². The van der Waals surface area contributed by atoms with Crippen molar-refractivity contribution in [2.45, 2.75) is 13.8 Å². The third-order valence-electron chi connectivity index (χ3n) is 1.92. The van der Waals surface area contributed by atoms with Crippen molar-refractivity contribution in [3.8, 4) is 5.75 Å². The van der Waals surface area contributed by atoms with Gasteiger partial charge in [-0.3, -0.25) is 0 Å². The minimum atomic E-state index is 0.128. The summed E-state index contributed by atoms with van der Waals surface area (Å²) in [7, 11) is 0. The van der Waals surface area contributed by atoms with Crippen molar-refractivity contribution in [1.82, 2.24) is 0 Å². The Morgan fingerprint density at radius 2 is 2.21 bits per heavy atom. The van der Waals surface area contributed by atoms with Crippen LogP contribution in [0.25, 0.3) is 0 Å². The molecule has 0 bridgehead atoms. The van der Waals surface area contributed by atoms with Crippen LogP contribution in [-0.2, 0) is 0 Å². The maximum Gasteiger partial charge on any atom is 0.137 e. The van der Waals surface area contributed by atoms with Gasteiger partial charge in [0.15, 0.2) is 0 Å². The van der Waals surface area contributed by atoms with Crippen LogP contribution in [0.3, 0.4) is 0 Å². The molecule has 2 nitrogen and oxygen atoms in total. The molecular weight excluding hydrogens is 200 g/mol. The number of benzene rings is 1. The second-order valence-corrected chi connectivity index (χ2v) is 3.94. The molecule has 0 radical (unpaired) electrons. The molecule has 0 fully saturated rings.